The monoisotopic (exact) mass is 282 g/mol. The van der Waals surface area contributed by atoms with E-state index in [2.05, 4.69) is 5.32 Å². The minimum Gasteiger partial charge on any atom is -0.315 e. The van der Waals surface area contributed by atoms with E-state index in [4.69, 9.17) is 0 Å². The van der Waals surface area contributed by atoms with Gasteiger partial charge in [0.15, 0.2) is 9.84 Å². The van der Waals surface area contributed by atoms with Crippen molar-refractivity contribution in [3.05, 3.63) is 0 Å². The van der Waals surface area contributed by atoms with Crippen molar-refractivity contribution in [2.75, 3.05) is 31.6 Å². The van der Waals surface area contributed by atoms with E-state index >= 15 is 0 Å². The van der Waals surface area contributed by atoms with Crippen molar-refractivity contribution < 1.29 is 16.8 Å². The number of hydrogen-bond donors (Lipinski definition) is 1. The van der Waals surface area contributed by atoms with E-state index in [-0.39, 0.29) is 24.0 Å². The molecule has 2 saturated heterocycles. The second-order valence-corrected chi connectivity index (χ2v) is 9.23. The van der Waals surface area contributed by atoms with Crippen LogP contribution in [0.2, 0.25) is 0 Å². The van der Waals surface area contributed by atoms with E-state index < -0.39 is 25.1 Å². The molecule has 6 nitrogen and oxygen atoms in total. The highest BCUT2D eigenvalue weighted by Gasteiger charge is 2.41. The first-order valence-electron chi connectivity index (χ1n) is 5.71. The summed E-state index contributed by atoms with van der Waals surface area (Å²) in [7, 11) is -5.08. The van der Waals surface area contributed by atoms with Crippen molar-refractivity contribution in [1.29, 1.82) is 0 Å². The molecular weight excluding hydrogens is 264 g/mol. The topological polar surface area (TPSA) is 83.6 Å². The van der Waals surface area contributed by atoms with Gasteiger partial charge < -0.3 is 5.32 Å². The minimum atomic E-state index is -3.48. The van der Waals surface area contributed by atoms with Gasteiger partial charge in [-0.2, -0.15) is 0 Å². The second-order valence-electron chi connectivity index (χ2n) is 4.73. The Bertz CT molecular complexity index is 479. The number of likely N-dealkylation sites (N-methyl/N-ethyl adjacent to an activating group) is 1. The van der Waals surface area contributed by atoms with Crippen molar-refractivity contribution in [1.82, 2.24) is 9.62 Å². The Hall–Kier alpha value is -0.180. The SMILES string of the molecule is CN(C1CCNC1)S(=O)(=O)C1CCS(=O)(=O)C1. The first-order valence-corrected chi connectivity index (χ1v) is 9.03. The van der Waals surface area contributed by atoms with Gasteiger partial charge in [0.05, 0.1) is 16.8 Å². The summed E-state index contributed by atoms with van der Waals surface area (Å²) in [5.41, 5.74) is 0. The molecule has 2 atom stereocenters. The van der Waals surface area contributed by atoms with Gasteiger partial charge in [-0.3, -0.25) is 0 Å². The van der Waals surface area contributed by atoms with E-state index in [1.165, 1.54) is 4.31 Å². The summed E-state index contributed by atoms with van der Waals surface area (Å²) < 4.78 is 48.5. The van der Waals surface area contributed by atoms with Crippen LogP contribution >= 0.6 is 0 Å². The lowest BCUT2D eigenvalue weighted by atomic mass is 10.3. The summed E-state index contributed by atoms with van der Waals surface area (Å²) in [4.78, 5) is 0. The molecular formula is C9H18N2O4S2. The maximum absolute atomic E-state index is 12.2. The Morgan fingerprint density at radius 2 is 2.00 bits per heavy atom. The summed E-state index contributed by atoms with van der Waals surface area (Å²) in [6.45, 7) is 1.46. The molecule has 8 heteroatoms. The van der Waals surface area contributed by atoms with Gasteiger partial charge in [-0.1, -0.05) is 0 Å². The van der Waals surface area contributed by atoms with Crippen LogP contribution in [0.5, 0.6) is 0 Å². The smallest absolute Gasteiger partial charge is 0.218 e. The maximum atomic E-state index is 12.2. The largest absolute Gasteiger partial charge is 0.315 e. The number of nitrogens with zero attached hydrogens (tertiary/aromatic N) is 1. The molecule has 0 radical (unpaired) electrons. The quantitative estimate of drug-likeness (QED) is 0.703. The van der Waals surface area contributed by atoms with E-state index in [1.54, 1.807) is 7.05 Å². The van der Waals surface area contributed by atoms with Crippen molar-refractivity contribution >= 4 is 19.9 Å². The zero-order valence-corrected chi connectivity index (χ0v) is 11.4. The molecule has 0 saturated carbocycles. The lowest BCUT2D eigenvalue weighted by Crippen LogP contribution is -2.43. The number of nitrogens with one attached hydrogen (secondary N) is 1. The predicted molar refractivity (Wildman–Crippen MR) is 65.0 cm³/mol. The molecule has 0 aliphatic carbocycles. The van der Waals surface area contributed by atoms with Crippen LogP contribution in [0, 0.1) is 0 Å². The third kappa shape index (κ3) is 2.64. The van der Waals surface area contributed by atoms with Gasteiger partial charge in [0.2, 0.25) is 10.0 Å². The Morgan fingerprint density at radius 1 is 1.29 bits per heavy atom. The van der Waals surface area contributed by atoms with Crippen LogP contribution in [0.1, 0.15) is 12.8 Å². The fraction of sp³-hybridized carbons (Fsp3) is 1.00. The summed E-state index contributed by atoms with van der Waals surface area (Å²) in [6, 6.07) is -0.0386. The van der Waals surface area contributed by atoms with Gasteiger partial charge in [0, 0.05) is 19.6 Å². The molecule has 0 spiro atoms. The third-order valence-electron chi connectivity index (χ3n) is 3.56. The average Bonchev–Trinajstić information content (AvgIpc) is 2.85. The number of rotatable bonds is 3. The normalized spacial score (nSPS) is 33.3. The molecule has 0 aromatic carbocycles. The molecule has 2 aliphatic rings. The van der Waals surface area contributed by atoms with Crippen molar-refractivity contribution in [3.8, 4) is 0 Å². The highest BCUT2D eigenvalue weighted by Crippen LogP contribution is 2.23. The summed E-state index contributed by atoms with van der Waals surface area (Å²) in [6.07, 6.45) is 1.02. The fourth-order valence-electron chi connectivity index (χ4n) is 2.39. The van der Waals surface area contributed by atoms with Gasteiger partial charge in [-0.25, -0.2) is 21.1 Å². The zero-order valence-electron chi connectivity index (χ0n) is 9.79. The molecule has 2 unspecified atom stereocenters. The molecule has 17 heavy (non-hydrogen) atoms. The molecule has 2 aliphatic heterocycles. The van der Waals surface area contributed by atoms with E-state index in [1.807, 2.05) is 0 Å². The van der Waals surface area contributed by atoms with Gasteiger partial charge >= 0.3 is 0 Å². The van der Waals surface area contributed by atoms with Crippen molar-refractivity contribution in [3.63, 3.8) is 0 Å². The van der Waals surface area contributed by atoms with Gasteiger partial charge in [-0.05, 0) is 19.4 Å². The summed E-state index contributed by atoms with van der Waals surface area (Å²) in [5.74, 6) is -0.229. The van der Waals surface area contributed by atoms with Crippen LogP contribution in [0.4, 0.5) is 0 Å². The number of hydrogen-bond acceptors (Lipinski definition) is 5. The summed E-state index contributed by atoms with van der Waals surface area (Å²) in [5, 5.41) is 2.36. The molecule has 0 bridgehead atoms. The lowest BCUT2D eigenvalue weighted by molar-refractivity contribution is 0.382. The molecule has 2 heterocycles. The standard InChI is InChI=1S/C9H18N2O4S2/c1-11(8-2-4-10-6-8)17(14,15)9-3-5-16(12,13)7-9/h8-10H,2-7H2,1H3. The van der Waals surface area contributed by atoms with Crippen LogP contribution in [-0.4, -0.2) is 64.1 Å². The maximum Gasteiger partial charge on any atom is 0.218 e. The van der Waals surface area contributed by atoms with Crippen LogP contribution < -0.4 is 5.32 Å². The van der Waals surface area contributed by atoms with Crippen LogP contribution in [-0.2, 0) is 19.9 Å². The molecule has 0 aromatic rings. The first kappa shape index (κ1) is 13.3. The van der Waals surface area contributed by atoms with E-state index in [9.17, 15) is 16.8 Å². The van der Waals surface area contributed by atoms with E-state index in [0.29, 0.717) is 6.54 Å². The van der Waals surface area contributed by atoms with Crippen LogP contribution in [0.3, 0.4) is 0 Å². The lowest BCUT2D eigenvalue weighted by Gasteiger charge is -2.25. The molecule has 2 rings (SSSR count). The molecule has 2 fully saturated rings. The zero-order chi connectivity index (χ0) is 12.7. The van der Waals surface area contributed by atoms with E-state index in [0.717, 1.165) is 13.0 Å². The molecule has 100 valence electrons. The van der Waals surface area contributed by atoms with Crippen molar-refractivity contribution in [2.45, 2.75) is 24.1 Å². The Balaban J connectivity index is 2.13. The van der Waals surface area contributed by atoms with Crippen LogP contribution in [0.25, 0.3) is 0 Å². The third-order valence-corrected chi connectivity index (χ3v) is 7.89. The van der Waals surface area contributed by atoms with Crippen LogP contribution in [0.15, 0.2) is 0 Å². The van der Waals surface area contributed by atoms with Gasteiger partial charge in [0.25, 0.3) is 0 Å². The van der Waals surface area contributed by atoms with Gasteiger partial charge in [-0.15, -0.1) is 0 Å². The first-order chi connectivity index (χ1) is 7.83. The second kappa shape index (κ2) is 4.49. The fourth-order valence-corrected chi connectivity index (χ4v) is 6.87. The highest BCUT2D eigenvalue weighted by molar-refractivity contribution is 7.95. The molecule has 0 aromatic heterocycles. The predicted octanol–water partition coefficient (Wildman–Crippen LogP) is -1.20. The summed E-state index contributed by atoms with van der Waals surface area (Å²) >= 11 is 0. The Labute approximate surface area is 102 Å². The minimum absolute atomic E-state index is 0.00630. The Kier molecular flexibility index (Phi) is 3.50. The average molecular weight is 282 g/mol. The molecule has 1 N–H and O–H groups in total. The Morgan fingerprint density at radius 3 is 2.47 bits per heavy atom. The number of sulfone groups is 1. The van der Waals surface area contributed by atoms with Crippen molar-refractivity contribution in [2.24, 2.45) is 0 Å². The van der Waals surface area contributed by atoms with Gasteiger partial charge in [0.1, 0.15) is 0 Å². The molecule has 0 amide bonds. The highest BCUT2D eigenvalue weighted by atomic mass is 32.2. The number of sulfonamides is 1.